The molecule has 4 aliphatic rings. The van der Waals surface area contributed by atoms with Crippen LogP contribution in [0.15, 0.2) is 115 Å². The maximum absolute atomic E-state index is 2.60. The Kier molecular flexibility index (Phi) is 4.25. The molecule has 4 aliphatic carbocycles. The van der Waals surface area contributed by atoms with E-state index in [1.807, 2.05) is 0 Å². The predicted octanol–water partition coefficient (Wildman–Crippen LogP) is 8.92. The van der Waals surface area contributed by atoms with Gasteiger partial charge in [0.15, 0.2) is 0 Å². The maximum Gasteiger partial charge on any atom is 0.0144 e. The highest BCUT2D eigenvalue weighted by molar-refractivity contribution is 6.16. The summed E-state index contributed by atoms with van der Waals surface area (Å²) in [5, 5.41) is 5.58. The molecule has 0 heterocycles. The van der Waals surface area contributed by atoms with Crippen molar-refractivity contribution in [3.63, 3.8) is 0 Å². The lowest BCUT2D eigenvalue weighted by molar-refractivity contribution is 0.733. The van der Waals surface area contributed by atoms with Crippen LogP contribution in [-0.2, 0) is 0 Å². The van der Waals surface area contributed by atoms with Crippen molar-refractivity contribution in [3.8, 4) is 33.4 Å². The van der Waals surface area contributed by atoms with Crippen molar-refractivity contribution in [1.82, 2.24) is 0 Å². The molecule has 0 heteroatoms. The smallest absolute Gasteiger partial charge is 0.0144 e. The zero-order chi connectivity index (χ0) is 27.7. The van der Waals surface area contributed by atoms with Crippen LogP contribution in [0.1, 0.15) is 39.3 Å². The van der Waals surface area contributed by atoms with E-state index in [0.717, 1.165) is 0 Å². The van der Waals surface area contributed by atoms with Crippen molar-refractivity contribution in [2.24, 2.45) is 5.92 Å². The third-order valence-electron chi connectivity index (χ3n) is 10.1. The van der Waals surface area contributed by atoms with E-state index in [2.05, 4.69) is 135 Å². The minimum absolute atomic E-state index is 0.284. The van der Waals surface area contributed by atoms with E-state index in [1.165, 1.54) is 99.1 Å². The minimum atomic E-state index is 0.284. The Morgan fingerprint density at radius 2 is 1.17 bits per heavy atom. The van der Waals surface area contributed by atoms with Crippen LogP contribution in [0, 0.1) is 19.8 Å². The highest BCUT2D eigenvalue weighted by atomic mass is 14.4. The maximum atomic E-state index is 2.60. The van der Waals surface area contributed by atoms with Crippen molar-refractivity contribution in [2.45, 2.75) is 19.8 Å². The number of hydrogen-bond donors (Lipinski definition) is 0. The molecule has 0 saturated heterocycles. The monoisotopic (exact) mass is 532 g/mol. The molecule has 196 valence electrons. The third-order valence-corrected chi connectivity index (χ3v) is 10.1. The van der Waals surface area contributed by atoms with Crippen molar-refractivity contribution >= 4 is 28.0 Å². The van der Waals surface area contributed by atoms with Crippen LogP contribution >= 0.6 is 0 Å². The van der Waals surface area contributed by atoms with E-state index in [4.69, 9.17) is 0 Å². The van der Waals surface area contributed by atoms with E-state index >= 15 is 0 Å². The molecule has 0 aliphatic heterocycles. The topological polar surface area (TPSA) is 0 Å². The van der Waals surface area contributed by atoms with Crippen LogP contribution < -0.4 is 10.4 Å². The van der Waals surface area contributed by atoms with Gasteiger partial charge < -0.3 is 0 Å². The predicted molar refractivity (Wildman–Crippen MR) is 176 cm³/mol. The summed E-state index contributed by atoms with van der Waals surface area (Å²) in [6.07, 6.45) is 5.17. The van der Waals surface area contributed by atoms with Gasteiger partial charge in [0, 0.05) is 11.8 Å². The van der Waals surface area contributed by atoms with Crippen LogP contribution in [0.25, 0.3) is 61.4 Å². The van der Waals surface area contributed by atoms with Crippen molar-refractivity contribution in [2.75, 3.05) is 0 Å². The van der Waals surface area contributed by atoms with Crippen LogP contribution in [0.3, 0.4) is 0 Å². The molecule has 6 aromatic rings. The summed E-state index contributed by atoms with van der Waals surface area (Å²) in [4.78, 5) is 0. The molecule has 6 aromatic carbocycles. The average Bonchev–Trinajstić information content (AvgIpc) is 3.51. The number of benzene rings is 6. The van der Waals surface area contributed by atoms with Crippen LogP contribution in [-0.4, -0.2) is 0 Å². The van der Waals surface area contributed by atoms with E-state index in [9.17, 15) is 0 Å². The zero-order valence-electron chi connectivity index (χ0n) is 23.7. The Hall–Kier alpha value is -4.94. The lowest BCUT2D eigenvalue weighted by atomic mass is 9.68. The summed E-state index contributed by atoms with van der Waals surface area (Å²) in [7, 11) is 0. The fourth-order valence-electron chi connectivity index (χ4n) is 8.57. The SMILES string of the molecule is Cc1cc2c3c(cc(C)cc3c1)-c1cc3c(cc1-2)C(c1ccccc1)=CC1C2=c4c(cccc4=CC31)-c1ccccc12. The van der Waals surface area contributed by atoms with Crippen LogP contribution in [0.5, 0.6) is 0 Å². The van der Waals surface area contributed by atoms with Gasteiger partial charge >= 0.3 is 0 Å². The number of aryl methyl sites for hydroxylation is 2. The molecule has 2 atom stereocenters. The molecule has 0 radical (unpaired) electrons. The van der Waals surface area contributed by atoms with Gasteiger partial charge in [0.2, 0.25) is 0 Å². The molecule has 0 spiro atoms. The first-order valence-electron chi connectivity index (χ1n) is 15.1. The molecule has 0 fully saturated rings. The van der Waals surface area contributed by atoms with Gasteiger partial charge in [0.05, 0.1) is 0 Å². The second kappa shape index (κ2) is 7.87. The molecule has 0 nitrogen and oxygen atoms in total. The van der Waals surface area contributed by atoms with Gasteiger partial charge in [-0.2, -0.15) is 0 Å². The molecular formula is C42H28. The van der Waals surface area contributed by atoms with Gasteiger partial charge in [0.25, 0.3) is 0 Å². The normalized spacial score (nSPS) is 18.0. The molecule has 2 unspecified atom stereocenters. The number of hydrogen-bond acceptors (Lipinski definition) is 0. The zero-order valence-corrected chi connectivity index (χ0v) is 23.7. The van der Waals surface area contributed by atoms with Gasteiger partial charge in [-0.15, -0.1) is 0 Å². The molecule has 0 amide bonds. The van der Waals surface area contributed by atoms with Gasteiger partial charge in [-0.1, -0.05) is 109 Å². The molecule has 0 N–H and O–H groups in total. The summed E-state index contributed by atoms with van der Waals surface area (Å²) in [6.45, 7) is 4.46. The Balaban J connectivity index is 1.31. The second-order valence-corrected chi connectivity index (χ2v) is 12.6. The van der Waals surface area contributed by atoms with E-state index in [-0.39, 0.29) is 11.8 Å². The molecular weight excluding hydrogens is 504 g/mol. The highest BCUT2D eigenvalue weighted by Crippen LogP contribution is 2.55. The first-order valence-corrected chi connectivity index (χ1v) is 15.1. The standard InChI is InChI=1S/C42H28/c1-23-15-27-16-24(2)18-38-36-22-34-32-19-26-11-8-14-29-28-12-6-7-13-30(28)42(41(26)29)39(32)20-31(25-9-4-3-5-10-25)33(34)21-35(36)37(17-23)40(27)38/h3-22,32,39H,1-2H3. The lowest BCUT2D eigenvalue weighted by Gasteiger charge is -2.35. The number of fused-ring (bicyclic) bond motifs is 10. The Labute approximate surface area is 245 Å². The fraction of sp³-hybridized carbons (Fsp3) is 0.0952. The quantitative estimate of drug-likeness (QED) is 0.198. The molecule has 42 heavy (non-hydrogen) atoms. The molecule has 0 aromatic heterocycles. The van der Waals surface area contributed by atoms with Crippen molar-refractivity contribution in [1.29, 1.82) is 0 Å². The fourth-order valence-corrected chi connectivity index (χ4v) is 8.57. The van der Waals surface area contributed by atoms with E-state index in [1.54, 1.807) is 0 Å². The summed E-state index contributed by atoms with van der Waals surface area (Å²) >= 11 is 0. The average molecular weight is 533 g/mol. The van der Waals surface area contributed by atoms with Gasteiger partial charge in [-0.3, -0.25) is 0 Å². The second-order valence-electron chi connectivity index (χ2n) is 12.6. The summed E-state index contributed by atoms with van der Waals surface area (Å²) in [5.74, 6) is 0.569. The molecule has 0 saturated carbocycles. The first kappa shape index (κ1) is 22.7. The van der Waals surface area contributed by atoms with Gasteiger partial charge in [-0.05, 0) is 125 Å². The van der Waals surface area contributed by atoms with Crippen LogP contribution in [0.2, 0.25) is 0 Å². The van der Waals surface area contributed by atoms with Crippen molar-refractivity contribution in [3.05, 3.63) is 159 Å². The Morgan fingerprint density at radius 1 is 0.476 bits per heavy atom. The first-order chi connectivity index (χ1) is 20.6. The number of allylic oxidation sites excluding steroid dienone is 1. The van der Waals surface area contributed by atoms with Gasteiger partial charge in [0.1, 0.15) is 0 Å². The highest BCUT2D eigenvalue weighted by Gasteiger charge is 2.38. The Bertz CT molecular complexity index is 2360. The Morgan fingerprint density at radius 3 is 1.95 bits per heavy atom. The largest absolute Gasteiger partial charge is 0.0681 e. The third kappa shape index (κ3) is 2.82. The summed E-state index contributed by atoms with van der Waals surface area (Å²) < 4.78 is 0. The van der Waals surface area contributed by atoms with Crippen LogP contribution in [0.4, 0.5) is 0 Å². The summed E-state index contributed by atoms with van der Waals surface area (Å²) in [6, 6.07) is 41.6. The van der Waals surface area contributed by atoms with Crippen molar-refractivity contribution < 1.29 is 0 Å². The van der Waals surface area contributed by atoms with Gasteiger partial charge in [-0.25, -0.2) is 0 Å². The number of rotatable bonds is 1. The van der Waals surface area contributed by atoms with E-state index < -0.39 is 0 Å². The molecule has 10 rings (SSSR count). The minimum Gasteiger partial charge on any atom is -0.0681 e. The molecule has 0 bridgehead atoms. The summed E-state index contributed by atoms with van der Waals surface area (Å²) in [5.41, 5.74) is 19.3. The van der Waals surface area contributed by atoms with E-state index in [0.29, 0.717) is 0 Å². The lowest BCUT2D eigenvalue weighted by Crippen LogP contribution is -2.36.